The van der Waals surface area contributed by atoms with Crippen molar-refractivity contribution < 1.29 is 8.42 Å². The van der Waals surface area contributed by atoms with Gasteiger partial charge in [-0.3, -0.25) is 4.31 Å². The average molecular weight is 366 g/mol. The molecule has 5 heteroatoms. The molecule has 0 atom stereocenters. The van der Waals surface area contributed by atoms with Crippen LogP contribution in [0.4, 0.5) is 5.69 Å². The van der Waals surface area contributed by atoms with E-state index in [4.69, 9.17) is 0 Å². The van der Waals surface area contributed by atoms with Crippen molar-refractivity contribution in [1.82, 2.24) is 0 Å². The Labute approximate surface area is 134 Å². The van der Waals surface area contributed by atoms with E-state index in [0.717, 1.165) is 10.0 Å². The molecule has 0 amide bonds. The fourth-order valence-corrected chi connectivity index (χ4v) is 3.60. The number of nitrogens with zero attached hydrogens (tertiary/aromatic N) is 1. The van der Waals surface area contributed by atoms with Gasteiger partial charge in [-0.1, -0.05) is 39.7 Å². The lowest BCUT2D eigenvalue weighted by Gasteiger charge is -2.23. The number of halogens is 1. The summed E-state index contributed by atoms with van der Waals surface area (Å²) < 4.78 is 27.8. The number of anilines is 1. The van der Waals surface area contributed by atoms with Crippen LogP contribution in [0.25, 0.3) is 0 Å². The standard InChI is InChI=1S/C16H16BrNO2S/c1-3-12-18(15-8-4-13(2)5-9-15)21(19,20)16-10-6-14(17)7-11-16/h3-11H,1,12H2,2H3. The molecule has 3 nitrogen and oxygen atoms in total. The van der Waals surface area contributed by atoms with E-state index in [1.54, 1.807) is 42.5 Å². The number of aryl methyl sites for hydroxylation is 1. The van der Waals surface area contributed by atoms with Gasteiger partial charge < -0.3 is 0 Å². The van der Waals surface area contributed by atoms with Crippen molar-refractivity contribution in [2.45, 2.75) is 11.8 Å². The molecule has 0 aliphatic carbocycles. The van der Waals surface area contributed by atoms with Gasteiger partial charge in [-0.15, -0.1) is 6.58 Å². The fourth-order valence-electron chi connectivity index (χ4n) is 1.90. The lowest BCUT2D eigenvalue weighted by atomic mass is 10.2. The van der Waals surface area contributed by atoms with Gasteiger partial charge in [0.15, 0.2) is 0 Å². The molecule has 0 radical (unpaired) electrons. The van der Waals surface area contributed by atoms with Crippen molar-refractivity contribution in [3.8, 4) is 0 Å². The molecule has 0 spiro atoms. The van der Waals surface area contributed by atoms with Gasteiger partial charge in [0.1, 0.15) is 0 Å². The van der Waals surface area contributed by atoms with Crippen molar-refractivity contribution in [3.05, 3.63) is 71.2 Å². The Kier molecular flexibility index (Phi) is 4.85. The van der Waals surface area contributed by atoms with Crippen molar-refractivity contribution >= 4 is 31.6 Å². The highest BCUT2D eigenvalue weighted by Gasteiger charge is 2.23. The van der Waals surface area contributed by atoms with Crippen LogP contribution in [-0.4, -0.2) is 15.0 Å². The maximum Gasteiger partial charge on any atom is 0.264 e. The zero-order valence-electron chi connectivity index (χ0n) is 11.7. The van der Waals surface area contributed by atoms with E-state index in [0.29, 0.717) is 5.69 Å². The first kappa shape index (κ1) is 15.8. The van der Waals surface area contributed by atoms with Gasteiger partial charge in [0, 0.05) is 4.47 Å². The lowest BCUT2D eigenvalue weighted by molar-refractivity contribution is 0.593. The number of benzene rings is 2. The van der Waals surface area contributed by atoms with Gasteiger partial charge in [0.2, 0.25) is 0 Å². The summed E-state index contributed by atoms with van der Waals surface area (Å²) in [5.41, 5.74) is 1.71. The largest absolute Gasteiger partial charge is 0.264 e. The summed E-state index contributed by atoms with van der Waals surface area (Å²) in [4.78, 5) is 0.258. The molecular weight excluding hydrogens is 350 g/mol. The fraction of sp³-hybridized carbons (Fsp3) is 0.125. The Morgan fingerprint density at radius 1 is 1.10 bits per heavy atom. The minimum Gasteiger partial charge on any atom is -0.263 e. The van der Waals surface area contributed by atoms with E-state index in [-0.39, 0.29) is 11.4 Å². The summed E-state index contributed by atoms with van der Waals surface area (Å²) in [6, 6.07) is 14.0. The van der Waals surface area contributed by atoms with E-state index in [2.05, 4.69) is 22.5 Å². The highest BCUT2D eigenvalue weighted by molar-refractivity contribution is 9.10. The smallest absolute Gasteiger partial charge is 0.263 e. The van der Waals surface area contributed by atoms with Crippen LogP contribution < -0.4 is 4.31 Å². The molecular formula is C16H16BrNO2S. The molecule has 0 saturated heterocycles. The van der Waals surface area contributed by atoms with Crippen LogP contribution in [0.1, 0.15) is 5.56 Å². The molecule has 0 unspecified atom stereocenters. The topological polar surface area (TPSA) is 37.4 Å². The van der Waals surface area contributed by atoms with Crippen LogP contribution >= 0.6 is 15.9 Å². The summed E-state index contributed by atoms with van der Waals surface area (Å²) in [5, 5.41) is 0. The zero-order valence-corrected chi connectivity index (χ0v) is 14.1. The predicted molar refractivity (Wildman–Crippen MR) is 90.0 cm³/mol. The Hall–Kier alpha value is -1.59. The molecule has 2 aromatic rings. The van der Waals surface area contributed by atoms with Gasteiger partial charge in [-0.2, -0.15) is 0 Å². The SMILES string of the molecule is C=CCN(c1ccc(C)cc1)S(=O)(=O)c1ccc(Br)cc1. The van der Waals surface area contributed by atoms with Crippen LogP contribution in [0.3, 0.4) is 0 Å². The van der Waals surface area contributed by atoms with Crippen molar-refractivity contribution in [3.63, 3.8) is 0 Å². The number of hydrogen-bond acceptors (Lipinski definition) is 2. The predicted octanol–water partition coefficient (Wildman–Crippen LogP) is 4.14. The second-order valence-electron chi connectivity index (χ2n) is 4.61. The molecule has 0 aliphatic rings. The van der Waals surface area contributed by atoms with Crippen molar-refractivity contribution in [2.24, 2.45) is 0 Å². The molecule has 0 fully saturated rings. The molecule has 2 aromatic carbocycles. The first-order valence-electron chi connectivity index (χ1n) is 6.41. The highest BCUT2D eigenvalue weighted by atomic mass is 79.9. The van der Waals surface area contributed by atoms with Crippen molar-refractivity contribution in [2.75, 3.05) is 10.8 Å². The van der Waals surface area contributed by atoms with E-state index < -0.39 is 10.0 Å². The monoisotopic (exact) mass is 365 g/mol. The van der Waals surface area contributed by atoms with E-state index >= 15 is 0 Å². The molecule has 2 rings (SSSR count). The normalized spacial score (nSPS) is 11.1. The summed E-state index contributed by atoms with van der Waals surface area (Å²) >= 11 is 3.31. The maximum absolute atomic E-state index is 12.8. The highest BCUT2D eigenvalue weighted by Crippen LogP contribution is 2.25. The Bertz CT molecular complexity index is 722. The molecule has 0 aromatic heterocycles. The molecule has 21 heavy (non-hydrogen) atoms. The second-order valence-corrected chi connectivity index (χ2v) is 7.39. The molecule has 0 saturated carbocycles. The Balaban J connectivity index is 2.47. The maximum atomic E-state index is 12.8. The Morgan fingerprint density at radius 2 is 1.67 bits per heavy atom. The third kappa shape index (κ3) is 3.54. The van der Waals surface area contributed by atoms with Crippen molar-refractivity contribution in [1.29, 1.82) is 0 Å². The number of rotatable bonds is 5. The zero-order chi connectivity index (χ0) is 15.5. The molecule has 0 aliphatic heterocycles. The first-order valence-corrected chi connectivity index (χ1v) is 8.64. The minimum absolute atomic E-state index is 0.224. The summed E-state index contributed by atoms with van der Waals surface area (Å²) in [6.07, 6.45) is 1.58. The van der Waals surface area contributed by atoms with Gasteiger partial charge in [-0.05, 0) is 43.3 Å². The minimum atomic E-state index is -3.60. The van der Waals surface area contributed by atoms with Gasteiger partial charge in [0.25, 0.3) is 10.0 Å². The van der Waals surface area contributed by atoms with E-state index in [1.165, 1.54) is 4.31 Å². The van der Waals surface area contributed by atoms with Gasteiger partial charge in [-0.25, -0.2) is 8.42 Å². The molecule has 0 bridgehead atoms. The van der Waals surface area contributed by atoms with E-state index in [1.807, 2.05) is 19.1 Å². The third-order valence-electron chi connectivity index (χ3n) is 3.02. The average Bonchev–Trinajstić information content (AvgIpc) is 2.46. The van der Waals surface area contributed by atoms with Gasteiger partial charge >= 0.3 is 0 Å². The third-order valence-corrected chi connectivity index (χ3v) is 5.36. The van der Waals surface area contributed by atoms with Crippen LogP contribution in [0.2, 0.25) is 0 Å². The summed E-state index contributed by atoms with van der Waals surface area (Å²) in [6.45, 7) is 5.84. The number of hydrogen-bond donors (Lipinski definition) is 0. The second kappa shape index (κ2) is 6.45. The van der Waals surface area contributed by atoms with Crippen LogP contribution in [0, 0.1) is 6.92 Å². The molecule has 0 heterocycles. The summed E-state index contributed by atoms with van der Waals surface area (Å²) in [5.74, 6) is 0. The summed E-state index contributed by atoms with van der Waals surface area (Å²) in [7, 11) is -3.60. The van der Waals surface area contributed by atoms with E-state index in [9.17, 15) is 8.42 Å². The quantitative estimate of drug-likeness (QED) is 0.746. The molecule has 0 N–H and O–H groups in total. The molecule has 110 valence electrons. The first-order chi connectivity index (χ1) is 9.95. The lowest BCUT2D eigenvalue weighted by Crippen LogP contribution is -2.31. The van der Waals surface area contributed by atoms with Crippen LogP contribution in [-0.2, 0) is 10.0 Å². The number of sulfonamides is 1. The van der Waals surface area contributed by atoms with Crippen LogP contribution in [0.5, 0.6) is 0 Å². The van der Waals surface area contributed by atoms with Gasteiger partial charge in [0.05, 0.1) is 17.1 Å². The van der Waals surface area contributed by atoms with Crippen LogP contribution in [0.15, 0.2) is 70.6 Å². The Morgan fingerprint density at radius 3 is 2.19 bits per heavy atom.